The number of carbonyl (C=O) groups excluding carboxylic acids is 1. The van der Waals surface area contributed by atoms with E-state index in [0.29, 0.717) is 24.5 Å². The van der Waals surface area contributed by atoms with Crippen LogP contribution in [0.4, 0.5) is 5.69 Å². The fourth-order valence-corrected chi connectivity index (χ4v) is 2.86. The Morgan fingerprint density at radius 2 is 1.88 bits per heavy atom. The molecule has 0 aliphatic rings. The maximum atomic E-state index is 11.9. The molecule has 0 aliphatic carbocycles. The molecule has 0 aromatic heterocycles. The van der Waals surface area contributed by atoms with Crippen molar-refractivity contribution < 1.29 is 9.53 Å². The van der Waals surface area contributed by atoms with E-state index in [-0.39, 0.29) is 5.91 Å². The van der Waals surface area contributed by atoms with Crippen molar-refractivity contribution in [3.8, 4) is 5.75 Å². The molecule has 1 amide bonds. The summed E-state index contributed by atoms with van der Waals surface area (Å²) < 4.78 is 5.11. The van der Waals surface area contributed by atoms with Gasteiger partial charge in [-0.25, -0.2) is 0 Å². The lowest BCUT2D eigenvalue weighted by Crippen LogP contribution is -2.25. The molecule has 4 nitrogen and oxygen atoms in total. The molecule has 2 N–H and O–H groups in total. The smallest absolute Gasteiger partial charge is 0.222 e. The minimum Gasteiger partial charge on any atom is -0.497 e. The van der Waals surface area contributed by atoms with Crippen LogP contribution in [-0.2, 0) is 11.3 Å². The molecule has 0 radical (unpaired) electrons. The maximum absolute atomic E-state index is 11.9. The summed E-state index contributed by atoms with van der Waals surface area (Å²) in [7, 11) is 1.63. The minimum absolute atomic E-state index is 0.000736. The van der Waals surface area contributed by atoms with Gasteiger partial charge in [0, 0.05) is 19.5 Å². The number of hydrogen-bond acceptors (Lipinski definition) is 3. The van der Waals surface area contributed by atoms with Gasteiger partial charge in [-0.1, -0.05) is 29.8 Å². The maximum Gasteiger partial charge on any atom is 0.222 e. The Bertz CT molecular complexity index is 676. The van der Waals surface area contributed by atoms with Crippen molar-refractivity contribution in [2.75, 3.05) is 19.0 Å². The zero-order valence-electron chi connectivity index (χ0n) is 14.3. The van der Waals surface area contributed by atoms with Crippen molar-refractivity contribution in [2.24, 2.45) is 0 Å². The monoisotopic (exact) mass is 346 g/mol. The van der Waals surface area contributed by atoms with Gasteiger partial charge in [0.1, 0.15) is 5.75 Å². The van der Waals surface area contributed by atoms with Crippen LogP contribution in [0.1, 0.15) is 23.1 Å². The molecule has 0 spiro atoms. The van der Waals surface area contributed by atoms with Crippen LogP contribution in [0.25, 0.3) is 0 Å². The third-order valence-electron chi connectivity index (χ3n) is 3.73. The third-order valence-corrected chi connectivity index (χ3v) is 4.03. The highest BCUT2D eigenvalue weighted by molar-refractivity contribution is 6.33. The van der Waals surface area contributed by atoms with Crippen LogP contribution in [0.15, 0.2) is 36.4 Å². The fourth-order valence-electron chi connectivity index (χ4n) is 2.47. The second-order valence-corrected chi connectivity index (χ2v) is 6.15. The molecular formula is C19H23ClN2O2. The number of aryl methyl sites for hydroxylation is 2. The zero-order chi connectivity index (χ0) is 17.5. The Hall–Kier alpha value is -2.20. The van der Waals surface area contributed by atoms with E-state index in [2.05, 4.69) is 16.7 Å². The Balaban J connectivity index is 1.77. The number of anilines is 1. The van der Waals surface area contributed by atoms with Crippen LogP contribution in [-0.4, -0.2) is 19.6 Å². The van der Waals surface area contributed by atoms with E-state index in [1.54, 1.807) is 7.11 Å². The topological polar surface area (TPSA) is 50.4 Å². The molecule has 2 rings (SSSR count). The number of ether oxygens (including phenoxy) is 1. The number of methoxy groups -OCH3 is 1. The fraction of sp³-hybridized carbons (Fsp3) is 0.316. The minimum atomic E-state index is -0.000736. The Kier molecular flexibility index (Phi) is 6.50. The normalized spacial score (nSPS) is 10.3. The number of hydrogen-bond donors (Lipinski definition) is 2. The Morgan fingerprint density at radius 1 is 1.17 bits per heavy atom. The van der Waals surface area contributed by atoms with Gasteiger partial charge in [-0.3, -0.25) is 4.79 Å². The predicted molar refractivity (Wildman–Crippen MR) is 98.9 cm³/mol. The molecule has 128 valence electrons. The largest absolute Gasteiger partial charge is 0.497 e. The lowest BCUT2D eigenvalue weighted by atomic mass is 10.1. The molecule has 0 heterocycles. The van der Waals surface area contributed by atoms with Gasteiger partial charge in [-0.05, 0) is 48.7 Å². The van der Waals surface area contributed by atoms with E-state index in [0.717, 1.165) is 28.1 Å². The van der Waals surface area contributed by atoms with Gasteiger partial charge in [-0.2, -0.15) is 0 Å². The van der Waals surface area contributed by atoms with Gasteiger partial charge >= 0.3 is 0 Å². The number of rotatable bonds is 7. The van der Waals surface area contributed by atoms with Gasteiger partial charge < -0.3 is 15.4 Å². The first-order valence-corrected chi connectivity index (χ1v) is 8.27. The molecule has 2 aromatic carbocycles. The van der Waals surface area contributed by atoms with Crippen LogP contribution in [0.2, 0.25) is 5.02 Å². The van der Waals surface area contributed by atoms with E-state index in [9.17, 15) is 4.79 Å². The van der Waals surface area contributed by atoms with E-state index < -0.39 is 0 Å². The van der Waals surface area contributed by atoms with Gasteiger partial charge in [0.2, 0.25) is 5.91 Å². The summed E-state index contributed by atoms with van der Waals surface area (Å²) in [4.78, 5) is 11.9. The highest BCUT2D eigenvalue weighted by Crippen LogP contribution is 2.27. The molecule has 24 heavy (non-hydrogen) atoms. The van der Waals surface area contributed by atoms with Crippen molar-refractivity contribution in [1.82, 2.24) is 5.32 Å². The number of carbonyl (C=O) groups is 1. The summed E-state index contributed by atoms with van der Waals surface area (Å²) >= 11 is 6.24. The van der Waals surface area contributed by atoms with Crippen molar-refractivity contribution in [1.29, 1.82) is 0 Å². The van der Waals surface area contributed by atoms with Crippen LogP contribution >= 0.6 is 11.6 Å². The molecule has 2 aromatic rings. The summed E-state index contributed by atoms with van der Waals surface area (Å²) in [6, 6.07) is 11.6. The van der Waals surface area contributed by atoms with Gasteiger partial charge in [0.15, 0.2) is 0 Å². The molecular weight excluding hydrogens is 324 g/mol. The van der Waals surface area contributed by atoms with Crippen LogP contribution in [0, 0.1) is 13.8 Å². The van der Waals surface area contributed by atoms with E-state index >= 15 is 0 Å². The van der Waals surface area contributed by atoms with Crippen molar-refractivity contribution >= 4 is 23.2 Å². The average Bonchev–Trinajstić information content (AvgIpc) is 2.55. The molecule has 0 saturated carbocycles. The molecule has 0 saturated heterocycles. The van der Waals surface area contributed by atoms with Gasteiger partial charge in [0.05, 0.1) is 17.8 Å². The quantitative estimate of drug-likeness (QED) is 0.794. The highest BCUT2D eigenvalue weighted by atomic mass is 35.5. The molecule has 0 fully saturated rings. The Morgan fingerprint density at radius 3 is 2.50 bits per heavy atom. The molecule has 0 aliphatic heterocycles. The summed E-state index contributed by atoms with van der Waals surface area (Å²) in [6.07, 6.45) is 0.389. The molecule has 0 unspecified atom stereocenters. The summed E-state index contributed by atoms with van der Waals surface area (Å²) in [5, 5.41) is 6.84. The first kappa shape index (κ1) is 18.1. The molecule has 0 atom stereocenters. The average molecular weight is 347 g/mol. The lowest BCUT2D eigenvalue weighted by molar-refractivity contribution is -0.121. The van der Waals surface area contributed by atoms with Gasteiger partial charge in [0.25, 0.3) is 0 Å². The number of benzene rings is 2. The standard InChI is InChI=1S/C19H23ClN2O2/c1-13-10-14(2)19(17(20)11-13)21-9-8-18(23)22-12-15-4-6-16(24-3)7-5-15/h4-7,10-11,21H,8-9,12H2,1-3H3,(H,22,23). The summed E-state index contributed by atoms with van der Waals surface area (Å²) in [6.45, 7) is 5.06. The number of halogens is 1. The molecule has 0 bridgehead atoms. The van der Waals surface area contributed by atoms with Crippen LogP contribution in [0.3, 0.4) is 0 Å². The van der Waals surface area contributed by atoms with Crippen molar-refractivity contribution in [2.45, 2.75) is 26.8 Å². The van der Waals surface area contributed by atoms with Gasteiger partial charge in [-0.15, -0.1) is 0 Å². The summed E-state index contributed by atoms with van der Waals surface area (Å²) in [5.41, 5.74) is 4.14. The van der Waals surface area contributed by atoms with E-state index in [1.807, 2.05) is 44.2 Å². The second-order valence-electron chi connectivity index (χ2n) is 5.74. The molecule has 5 heteroatoms. The van der Waals surface area contributed by atoms with Crippen LogP contribution < -0.4 is 15.4 Å². The van der Waals surface area contributed by atoms with Crippen LogP contribution in [0.5, 0.6) is 5.75 Å². The third kappa shape index (κ3) is 5.17. The Labute approximate surface area is 148 Å². The first-order chi connectivity index (χ1) is 11.5. The first-order valence-electron chi connectivity index (χ1n) is 7.90. The highest BCUT2D eigenvalue weighted by Gasteiger charge is 2.06. The second kappa shape index (κ2) is 8.60. The predicted octanol–water partition coefficient (Wildman–Crippen LogP) is 4.08. The van der Waals surface area contributed by atoms with E-state index in [1.165, 1.54) is 0 Å². The lowest BCUT2D eigenvalue weighted by Gasteiger charge is -2.12. The van der Waals surface area contributed by atoms with Crippen molar-refractivity contribution in [3.05, 3.63) is 58.1 Å². The summed E-state index contributed by atoms with van der Waals surface area (Å²) in [5.74, 6) is 0.804. The zero-order valence-corrected chi connectivity index (χ0v) is 15.0. The number of amides is 1. The number of nitrogens with one attached hydrogen (secondary N) is 2. The van der Waals surface area contributed by atoms with E-state index in [4.69, 9.17) is 16.3 Å². The SMILES string of the molecule is COc1ccc(CNC(=O)CCNc2c(C)cc(C)cc2Cl)cc1. The van der Waals surface area contributed by atoms with Crippen molar-refractivity contribution in [3.63, 3.8) is 0 Å².